The Kier molecular flexibility index (Phi) is 5.73. The summed E-state index contributed by atoms with van der Waals surface area (Å²) in [6.07, 6.45) is -3.27. The van der Waals surface area contributed by atoms with Crippen LogP contribution in [0.2, 0.25) is 0 Å². The molecule has 2 aromatic carbocycles. The zero-order valence-corrected chi connectivity index (χ0v) is 15.8. The number of benzene rings is 2. The number of aromatic nitrogens is 1. The molecule has 3 aromatic rings. The van der Waals surface area contributed by atoms with Gasteiger partial charge in [0, 0.05) is 23.1 Å². The number of amides is 1. The van der Waals surface area contributed by atoms with Crippen LogP contribution in [-0.4, -0.2) is 10.9 Å². The smallest absolute Gasteiger partial charge is 0.416 e. The summed E-state index contributed by atoms with van der Waals surface area (Å²) < 4.78 is 72.1. The maximum absolute atomic E-state index is 13.8. The third-order valence-electron chi connectivity index (χ3n) is 4.22. The van der Waals surface area contributed by atoms with Gasteiger partial charge in [0.15, 0.2) is 11.6 Å². The van der Waals surface area contributed by atoms with Crippen molar-refractivity contribution in [1.82, 2.24) is 4.98 Å². The van der Waals surface area contributed by atoms with E-state index in [4.69, 9.17) is 4.74 Å². The lowest BCUT2D eigenvalue weighted by Crippen LogP contribution is -2.15. The number of carbonyl (C=O) groups is 1. The molecule has 0 saturated carbocycles. The zero-order valence-electron chi connectivity index (χ0n) is 15.8. The summed E-state index contributed by atoms with van der Waals surface area (Å²) in [5.74, 6) is -3.51. The minimum absolute atomic E-state index is 0.137. The standard InChI is InChI=1S/C21H15F5N2O2/c1-11-9-14(7-8-27-11)28-20(29)15-10-13(21(24,25)26)3-5-18(15)30-17-6-4-16(22)19(23)12(17)2/h3-10H,1-2H3,(H,27,28,29). The summed E-state index contributed by atoms with van der Waals surface area (Å²) in [4.78, 5) is 16.7. The Morgan fingerprint density at radius 3 is 2.37 bits per heavy atom. The van der Waals surface area contributed by atoms with Crippen molar-refractivity contribution in [3.05, 3.63) is 82.7 Å². The predicted molar refractivity (Wildman–Crippen MR) is 99.5 cm³/mol. The summed E-state index contributed by atoms with van der Waals surface area (Å²) in [6.45, 7) is 2.93. The van der Waals surface area contributed by atoms with Crippen LogP contribution in [0.4, 0.5) is 27.6 Å². The maximum Gasteiger partial charge on any atom is 0.416 e. The second kappa shape index (κ2) is 8.10. The Labute approximate surface area is 168 Å². The van der Waals surface area contributed by atoms with Crippen molar-refractivity contribution in [2.45, 2.75) is 20.0 Å². The van der Waals surface area contributed by atoms with E-state index in [0.29, 0.717) is 17.4 Å². The van der Waals surface area contributed by atoms with Crippen LogP contribution in [-0.2, 0) is 6.18 Å². The molecule has 9 heteroatoms. The van der Waals surface area contributed by atoms with Gasteiger partial charge in [-0.05, 0) is 56.3 Å². The lowest BCUT2D eigenvalue weighted by Gasteiger charge is -2.16. The number of alkyl halides is 3. The molecular formula is C21H15F5N2O2. The SMILES string of the molecule is Cc1cc(NC(=O)c2cc(C(F)(F)F)ccc2Oc2ccc(F)c(F)c2C)ccn1. The Balaban J connectivity index is 2.02. The van der Waals surface area contributed by atoms with Crippen LogP contribution in [0.1, 0.15) is 27.2 Å². The van der Waals surface area contributed by atoms with Gasteiger partial charge < -0.3 is 10.1 Å². The molecule has 0 fully saturated rings. The number of nitrogens with one attached hydrogen (secondary N) is 1. The van der Waals surface area contributed by atoms with E-state index in [0.717, 1.165) is 24.3 Å². The van der Waals surface area contributed by atoms with E-state index >= 15 is 0 Å². The number of nitrogens with zero attached hydrogens (tertiary/aromatic N) is 1. The quantitative estimate of drug-likeness (QED) is 0.522. The number of ether oxygens (including phenoxy) is 1. The second-order valence-corrected chi connectivity index (χ2v) is 6.44. The number of halogens is 5. The molecule has 30 heavy (non-hydrogen) atoms. The Hall–Kier alpha value is -3.49. The molecule has 0 aliphatic rings. The van der Waals surface area contributed by atoms with Crippen LogP contribution in [0.25, 0.3) is 0 Å². The lowest BCUT2D eigenvalue weighted by atomic mass is 10.1. The first-order valence-electron chi connectivity index (χ1n) is 8.64. The number of hydrogen-bond donors (Lipinski definition) is 1. The molecule has 1 N–H and O–H groups in total. The van der Waals surface area contributed by atoms with Crippen molar-refractivity contribution in [1.29, 1.82) is 0 Å². The number of rotatable bonds is 4. The number of aryl methyl sites for hydroxylation is 1. The highest BCUT2D eigenvalue weighted by Gasteiger charge is 2.32. The summed E-state index contributed by atoms with van der Waals surface area (Å²) >= 11 is 0. The van der Waals surface area contributed by atoms with Gasteiger partial charge in [0.1, 0.15) is 11.5 Å². The summed E-state index contributed by atoms with van der Waals surface area (Å²) in [6, 6.07) is 7.27. The lowest BCUT2D eigenvalue weighted by molar-refractivity contribution is -0.137. The highest BCUT2D eigenvalue weighted by molar-refractivity contribution is 6.06. The van der Waals surface area contributed by atoms with Crippen LogP contribution in [0, 0.1) is 25.5 Å². The monoisotopic (exact) mass is 422 g/mol. The average molecular weight is 422 g/mol. The summed E-state index contributed by atoms with van der Waals surface area (Å²) in [5.41, 5.74) is -0.770. The van der Waals surface area contributed by atoms with E-state index in [1.54, 1.807) is 6.92 Å². The van der Waals surface area contributed by atoms with Crippen molar-refractivity contribution in [2.24, 2.45) is 0 Å². The van der Waals surface area contributed by atoms with Gasteiger partial charge in [0.25, 0.3) is 5.91 Å². The molecular weight excluding hydrogens is 407 g/mol. The molecule has 0 unspecified atom stereocenters. The Morgan fingerprint density at radius 1 is 1.00 bits per heavy atom. The van der Waals surface area contributed by atoms with Crippen LogP contribution < -0.4 is 10.1 Å². The predicted octanol–water partition coefficient (Wildman–Crippen LogP) is 6.04. The molecule has 1 heterocycles. The number of hydrogen-bond acceptors (Lipinski definition) is 3. The molecule has 0 aliphatic carbocycles. The number of carbonyl (C=O) groups excluding carboxylic acids is 1. The molecule has 3 rings (SSSR count). The van der Waals surface area contributed by atoms with Crippen LogP contribution in [0.3, 0.4) is 0 Å². The fourth-order valence-corrected chi connectivity index (χ4v) is 2.66. The van der Waals surface area contributed by atoms with Crippen LogP contribution >= 0.6 is 0 Å². The molecule has 156 valence electrons. The second-order valence-electron chi connectivity index (χ2n) is 6.44. The van der Waals surface area contributed by atoms with Gasteiger partial charge in [-0.25, -0.2) is 8.78 Å². The van der Waals surface area contributed by atoms with Crippen LogP contribution in [0.15, 0.2) is 48.7 Å². The van der Waals surface area contributed by atoms with Gasteiger partial charge in [-0.1, -0.05) is 0 Å². The van der Waals surface area contributed by atoms with E-state index in [-0.39, 0.29) is 17.1 Å². The maximum atomic E-state index is 13.8. The molecule has 1 amide bonds. The van der Waals surface area contributed by atoms with E-state index < -0.39 is 34.8 Å². The Morgan fingerprint density at radius 2 is 1.70 bits per heavy atom. The fraction of sp³-hybridized carbons (Fsp3) is 0.143. The van der Waals surface area contributed by atoms with Crippen molar-refractivity contribution >= 4 is 11.6 Å². The van der Waals surface area contributed by atoms with E-state index in [1.807, 2.05) is 0 Å². The van der Waals surface area contributed by atoms with Gasteiger partial charge in [-0.3, -0.25) is 9.78 Å². The number of anilines is 1. The topological polar surface area (TPSA) is 51.2 Å². The minimum Gasteiger partial charge on any atom is -0.456 e. The Bertz CT molecular complexity index is 1110. The largest absolute Gasteiger partial charge is 0.456 e. The first-order chi connectivity index (χ1) is 14.1. The molecule has 0 aliphatic heterocycles. The minimum atomic E-state index is -4.70. The molecule has 0 bridgehead atoms. The zero-order chi connectivity index (χ0) is 22.1. The van der Waals surface area contributed by atoms with Crippen molar-refractivity contribution in [2.75, 3.05) is 5.32 Å². The molecule has 4 nitrogen and oxygen atoms in total. The summed E-state index contributed by atoms with van der Waals surface area (Å²) in [7, 11) is 0. The molecule has 0 spiro atoms. The molecule has 0 atom stereocenters. The average Bonchev–Trinajstić information content (AvgIpc) is 2.68. The first-order valence-corrected chi connectivity index (χ1v) is 8.64. The van der Waals surface area contributed by atoms with Gasteiger partial charge >= 0.3 is 6.18 Å². The number of pyridine rings is 1. The third-order valence-corrected chi connectivity index (χ3v) is 4.22. The van der Waals surface area contributed by atoms with E-state index in [9.17, 15) is 26.7 Å². The summed E-state index contributed by atoms with van der Waals surface area (Å²) in [5, 5.41) is 2.48. The highest BCUT2D eigenvalue weighted by atomic mass is 19.4. The van der Waals surface area contributed by atoms with Crippen molar-refractivity contribution in [3.63, 3.8) is 0 Å². The molecule has 0 radical (unpaired) electrons. The van der Waals surface area contributed by atoms with Gasteiger partial charge in [0.05, 0.1) is 11.1 Å². The van der Waals surface area contributed by atoms with Crippen molar-refractivity contribution in [3.8, 4) is 11.5 Å². The highest BCUT2D eigenvalue weighted by Crippen LogP contribution is 2.35. The normalized spacial score (nSPS) is 11.3. The molecule has 0 saturated heterocycles. The van der Waals surface area contributed by atoms with Gasteiger partial charge in [-0.15, -0.1) is 0 Å². The molecule has 1 aromatic heterocycles. The fourth-order valence-electron chi connectivity index (χ4n) is 2.66. The first kappa shape index (κ1) is 21.2. The van der Waals surface area contributed by atoms with E-state index in [1.165, 1.54) is 25.3 Å². The van der Waals surface area contributed by atoms with Gasteiger partial charge in [0.2, 0.25) is 0 Å². The third kappa shape index (κ3) is 4.56. The van der Waals surface area contributed by atoms with Crippen LogP contribution in [0.5, 0.6) is 11.5 Å². The van der Waals surface area contributed by atoms with Gasteiger partial charge in [-0.2, -0.15) is 13.2 Å². The van der Waals surface area contributed by atoms with Crippen molar-refractivity contribution < 1.29 is 31.5 Å². The van der Waals surface area contributed by atoms with E-state index in [2.05, 4.69) is 10.3 Å².